The van der Waals surface area contributed by atoms with Crippen molar-refractivity contribution in [1.29, 1.82) is 0 Å². The van der Waals surface area contributed by atoms with Crippen molar-refractivity contribution >= 4 is 39.3 Å². The van der Waals surface area contributed by atoms with Crippen LogP contribution < -0.4 is 5.32 Å². The summed E-state index contributed by atoms with van der Waals surface area (Å²) in [5.41, 5.74) is 1.78. The van der Waals surface area contributed by atoms with Crippen molar-refractivity contribution < 1.29 is 9.59 Å². The monoisotopic (exact) mass is 464 g/mol. The first-order valence-electron chi connectivity index (χ1n) is 9.32. The first-order chi connectivity index (χ1) is 13.3. The van der Waals surface area contributed by atoms with Crippen LogP contribution in [0.4, 0.5) is 0 Å². The van der Waals surface area contributed by atoms with Crippen LogP contribution in [0.3, 0.4) is 0 Å². The highest BCUT2D eigenvalue weighted by Crippen LogP contribution is 2.17. The quantitative estimate of drug-likeness (QED) is 0.607. The lowest BCUT2D eigenvalue weighted by atomic mass is 10.1. The molecule has 0 heterocycles. The van der Waals surface area contributed by atoms with Crippen LogP contribution in [-0.2, 0) is 22.6 Å². The number of benzene rings is 2. The Hall–Kier alpha value is -1.85. The lowest BCUT2D eigenvalue weighted by Crippen LogP contribution is -2.48. The van der Waals surface area contributed by atoms with Crippen molar-refractivity contribution in [3.63, 3.8) is 0 Å². The average molecular weight is 466 g/mol. The van der Waals surface area contributed by atoms with Gasteiger partial charge in [-0.15, -0.1) is 0 Å². The van der Waals surface area contributed by atoms with E-state index >= 15 is 0 Å². The van der Waals surface area contributed by atoms with Gasteiger partial charge in [0.25, 0.3) is 0 Å². The predicted molar refractivity (Wildman–Crippen MR) is 117 cm³/mol. The van der Waals surface area contributed by atoms with E-state index in [1.807, 2.05) is 50.2 Å². The molecule has 1 unspecified atom stereocenters. The van der Waals surface area contributed by atoms with Gasteiger partial charge in [-0.3, -0.25) is 9.59 Å². The van der Waals surface area contributed by atoms with Gasteiger partial charge in [0.1, 0.15) is 6.04 Å². The van der Waals surface area contributed by atoms with Crippen LogP contribution in [0.15, 0.2) is 53.0 Å². The Balaban J connectivity index is 2.21. The zero-order chi connectivity index (χ0) is 20.7. The van der Waals surface area contributed by atoms with Crippen LogP contribution in [0.2, 0.25) is 5.02 Å². The Morgan fingerprint density at radius 2 is 1.75 bits per heavy atom. The van der Waals surface area contributed by atoms with E-state index in [1.54, 1.807) is 24.0 Å². The molecular formula is C22H26BrClN2O2. The highest BCUT2D eigenvalue weighted by atomic mass is 79.9. The van der Waals surface area contributed by atoms with Gasteiger partial charge in [0.15, 0.2) is 0 Å². The summed E-state index contributed by atoms with van der Waals surface area (Å²) in [7, 11) is 0. The van der Waals surface area contributed by atoms with E-state index in [2.05, 4.69) is 21.2 Å². The summed E-state index contributed by atoms with van der Waals surface area (Å²) >= 11 is 9.50. The Labute approximate surface area is 180 Å². The summed E-state index contributed by atoms with van der Waals surface area (Å²) < 4.78 is 0.934. The minimum absolute atomic E-state index is 0.116. The third-order valence-corrected chi connectivity index (χ3v) is 5.07. The van der Waals surface area contributed by atoms with Crippen LogP contribution in [0.25, 0.3) is 0 Å². The molecule has 150 valence electrons. The van der Waals surface area contributed by atoms with Crippen molar-refractivity contribution in [2.24, 2.45) is 5.92 Å². The summed E-state index contributed by atoms with van der Waals surface area (Å²) in [6, 6.07) is 14.4. The second-order valence-electron chi connectivity index (χ2n) is 7.27. The first kappa shape index (κ1) is 22.4. The van der Waals surface area contributed by atoms with Gasteiger partial charge < -0.3 is 10.2 Å². The molecule has 4 nitrogen and oxygen atoms in total. The standard InChI is InChI=1S/C22H26BrClN2O2/c1-15(2)13-25-22(28)16(3)26(14-18-7-4-8-19(23)10-18)21(27)12-17-6-5-9-20(24)11-17/h4-11,15-16H,12-14H2,1-3H3,(H,25,28). The van der Waals surface area contributed by atoms with Crippen LogP contribution in [0, 0.1) is 5.92 Å². The van der Waals surface area contributed by atoms with Crippen LogP contribution in [-0.4, -0.2) is 29.3 Å². The molecule has 0 saturated heterocycles. The maximum atomic E-state index is 13.1. The highest BCUT2D eigenvalue weighted by Gasteiger charge is 2.26. The molecular weight excluding hydrogens is 440 g/mol. The zero-order valence-electron chi connectivity index (χ0n) is 16.4. The molecule has 1 N–H and O–H groups in total. The fourth-order valence-corrected chi connectivity index (χ4v) is 3.45. The van der Waals surface area contributed by atoms with E-state index in [0.29, 0.717) is 24.0 Å². The Morgan fingerprint density at radius 3 is 2.39 bits per heavy atom. The molecule has 0 aliphatic heterocycles. The normalized spacial score (nSPS) is 11.9. The molecule has 0 aliphatic rings. The van der Waals surface area contributed by atoms with Gasteiger partial charge in [-0.2, -0.15) is 0 Å². The second-order valence-corrected chi connectivity index (χ2v) is 8.63. The van der Waals surface area contributed by atoms with E-state index < -0.39 is 6.04 Å². The third kappa shape index (κ3) is 6.95. The van der Waals surface area contributed by atoms with Crippen molar-refractivity contribution in [2.75, 3.05) is 6.54 Å². The number of hydrogen-bond acceptors (Lipinski definition) is 2. The molecule has 0 radical (unpaired) electrons. The van der Waals surface area contributed by atoms with Gasteiger partial charge in [0, 0.05) is 22.6 Å². The molecule has 0 aromatic heterocycles. The minimum atomic E-state index is -0.579. The van der Waals surface area contributed by atoms with Gasteiger partial charge in [0.2, 0.25) is 11.8 Å². The number of halogens is 2. The fourth-order valence-electron chi connectivity index (χ4n) is 2.79. The van der Waals surface area contributed by atoms with Crippen LogP contribution in [0.5, 0.6) is 0 Å². The highest BCUT2D eigenvalue weighted by molar-refractivity contribution is 9.10. The molecule has 2 rings (SSSR count). The van der Waals surface area contributed by atoms with E-state index in [-0.39, 0.29) is 18.2 Å². The van der Waals surface area contributed by atoms with Crippen LogP contribution in [0.1, 0.15) is 31.9 Å². The summed E-state index contributed by atoms with van der Waals surface area (Å²) in [4.78, 5) is 27.3. The Morgan fingerprint density at radius 1 is 1.07 bits per heavy atom. The molecule has 0 bridgehead atoms. The Bertz CT molecular complexity index is 826. The second kappa shape index (κ2) is 10.6. The van der Waals surface area contributed by atoms with Crippen molar-refractivity contribution in [3.05, 3.63) is 69.2 Å². The Kier molecular flexibility index (Phi) is 8.52. The van der Waals surface area contributed by atoms with Crippen LogP contribution >= 0.6 is 27.5 Å². The zero-order valence-corrected chi connectivity index (χ0v) is 18.8. The lowest BCUT2D eigenvalue weighted by Gasteiger charge is -2.29. The van der Waals surface area contributed by atoms with Crippen molar-refractivity contribution in [2.45, 2.75) is 39.8 Å². The number of rotatable bonds is 8. The number of carbonyl (C=O) groups excluding carboxylic acids is 2. The van der Waals surface area contributed by atoms with E-state index in [9.17, 15) is 9.59 Å². The van der Waals surface area contributed by atoms with Gasteiger partial charge in [-0.1, -0.05) is 65.6 Å². The van der Waals surface area contributed by atoms with E-state index in [4.69, 9.17) is 11.6 Å². The largest absolute Gasteiger partial charge is 0.354 e. The molecule has 1 atom stereocenters. The first-order valence-corrected chi connectivity index (χ1v) is 10.5. The lowest BCUT2D eigenvalue weighted by molar-refractivity contribution is -0.140. The number of amides is 2. The summed E-state index contributed by atoms with van der Waals surface area (Å²) in [6.45, 7) is 6.78. The summed E-state index contributed by atoms with van der Waals surface area (Å²) in [6.07, 6.45) is 0.191. The van der Waals surface area contributed by atoms with Gasteiger partial charge in [-0.05, 0) is 48.2 Å². The molecule has 2 aromatic rings. The van der Waals surface area contributed by atoms with Crippen molar-refractivity contribution in [1.82, 2.24) is 10.2 Å². The molecule has 0 spiro atoms. The average Bonchev–Trinajstić information content (AvgIpc) is 2.63. The van der Waals surface area contributed by atoms with Gasteiger partial charge in [-0.25, -0.2) is 0 Å². The van der Waals surface area contributed by atoms with Gasteiger partial charge in [0.05, 0.1) is 6.42 Å². The number of carbonyl (C=O) groups is 2. The topological polar surface area (TPSA) is 49.4 Å². The molecule has 28 heavy (non-hydrogen) atoms. The van der Waals surface area contributed by atoms with E-state index in [1.165, 1.54) is 0 Å². The molecule has 2 amide bonds. The molecule has 0 saturated carbocycles. The molecule has 6 heteroatoms. The maximum Gasteiger partial charge on any atom is 0.242 e. The number of nitrogens with one attached hydrogen (secondary N) is 1. The predicted octanol–water partition coefficient (Wildman–Crippen LogP) is 4.83. The number of nitrogens with zero attached hydrogens (tertiary/aromatic N) is 1. The van der Waals surface area contributed by atoms with Gasteiger partial charge >= 0.3 is 0 Å². The fraction of sp³-hybridized carbons (Fsp3) is 0.364. The molecule has 0 aliphatic carbocycles. The SMILES string of the molecule is CC(C)CNC(=O)C(C)N(Cc1cccc(Br)c1)C(=O)Cc1cccc(Cl)c1. The molecule has 2 aromatic carbocycles. The summed E-state index contributed by atoms with van der Waals surface area (Å²) in [5, 5.41) is 3.51. The van der Waals surface area contributed by atoms with Crippen molar-refractivity contribution in [3.8, 4) is 0 Å². The maximum absolute atomic E-state index is 13.1. The molecule has 0 fully saturated rings. The summed E-state index contributed by atoms with van der Waals surface area (Å²) in [5.74, 6) is 0.0782. The smallest absolute Gasteiger partial charge is 0.242 e. The van der Waals surface area contributed by atoms with E-state index in [0.717, 1.165) is 15.6 Å². The third-order valence-electron chi connectivity index (χ3n) is 4.34. The number of hydrogen-bond donors (Lipinski definition) is 1. The minimum Gasteiger partial charge on any atom is -0.354 e.